The van der Waals surface area contributed by atoms with Crippen LogP contribution in [0.4, 0.5) is 93.0 Å². The zero-order valence-corrected chi connectivity index (χ0v) is 44.7. The van der Waals surface area contributed by atoms with Gasteiger partial charge < -0.3 is 9.97 Å². The molecule has 6 N–H and O–H groups in total. The Morgan fingerprint density at radius 2 is 0.429 bits per heavy atom. The van der Waals surface area contributed by atoms with Gasteiger partial charge in [-0.05, 0) is 48.6 Å². The van der Waals surface area contributed by atoms with E-state index in [0.29, 0.717) is 73.6 Å². The first-order valence-corrected chi connectivity index (χ1v) is 29.9. The third-order valence-corrected chi connectivity index (χ3v) is 14.3. The van der Waals surface area contributed by atoms with Gasteiger partial charge in [0.1, 0.15) is 22.7 Å². The maximum Gasteiger partial charge on any atom is 0.230 e. The van der Waals surface area contributed by atoms with E-state index in [1.807, 2.05) is 0 Å². The summed E-state index contributed by atoms with van der Waals surface area (Å²) in [6.07, 6.45) is 3.53. The molecule has 0 saturated carbocycles. The van der Waals surface area contributed by atoms with E-state index >= 15 is 70.2 Å². The number of hydrogen-bond acceptors (Lipinski definition) is 10. The average Bonchev–Trinajstić information content (AvgIpc) is 3.32. The Balaban J connectivity index is 1.58. The number of rotatable bonds is 12. The highest BCUT2D eigenvalue weighted by Crippen LogP contribution is 2.46. The number of H-pyrrole nitrogens is 2. The lowest BCUT2D eigenvalue weighted by molar-refractivity contribution is 0.464. The maximum atomic E-state index is 16.6. The molecule has 0 amide bonds. The van der Waals surface area contributed by atoms with Crippen LogP contribution in [0, 0.1) is 93.1 Å². The summed E-state index contributed by atoms with van der Waals surface area (Å²) in [5.74, 6) is -40.1. The predicted octanol–water partition coefficient (Wildman–Crippen LogP) is 11.0. The van der Waals surface area contributed by atoms with Gasteiger partial charge in [-0.3, -0.25) is 18.9 Å². The van der Waals surface area contributed by atoms with Gasteiger partial charge in [-0.1, -0.05) is 0 Å². The molecular weight excluding hydrogens is 1250 g/mol. The molecule has 4 aromatic carbocycles. The monoisotopic (exact) mass is 1270 g/mol. The molecule has 5 heterocycles. The van der Waals surface area contributed by atoms with Gasteiger partial charge in [0.25, 0.3) is 0 Å². The Morgan fingerprint density at radius 3 is 0.571 bits per heavy atom. The molecule has 442 valence electrons. The van der Waals surface area contributed by atoms with Crippen LogP contribution < -0.4 is 18.9 Å². The van der Waals surface area contributed by atoms with Crippen LogP contribution in [0.25, 0.3) is 90.9 Å². The second kappa shape index (κ2) is 20.6. The second-order valence-electron chi connectivity index (χ2n) is 18.0. The van der Waals surface area contributed by atoms with E-state index in [1.54, 1.807) is 0 Å². The Morgan fingerprint density at radius 1 is 0.274 bits per heavy atom. The molecular formula is C48H26F16N8O8S4. The number of nitrogens with one attached hydrogen (secondary N) is 6. The van der Waals surface area contributed by atoms with Crippen molar-refractivity contribution in [3.63, 3.8) is 0 Å². The minimum Gasteiger partial charge on any atom is -0.354 e. The normalized spacial score (nSPS) is 12.8. The number of aromatic amines is 2. The van der Waals surface area contributed by atoms with E-state index < -0.39 is 245 Å². The lowest BCUT2D eigenvalue weighted by atomic mass is 10.0. The van der Waals surface area contributed by atoms with Crippen LogP contribution in [0.5, 0.6) is 0 Å². The van der Waals surface area contributed by atoms with Crippen LogP contribution >= 0.6 is 0 Å². The first-order chi connectivity index (χ1) is 38.8. The Labute approximate surface area is 459 Å². The number of halogens is 16. The molecule has 16 nitrogen and oxygen atoms in total. The van der Waals surface area contributed by atoms with Crippen molar-refractivity contribution in [1.29, 1.82) is 0 Å². The predicted molar refractivity (Wildman–Crippen MR) is 274 cm³/mol. The molecule has 36 heteroatoms. The first-order valence-electron chi connectivity index (χ1n) is 22.3. The van der Waals surface area contributed by atoms with Crippen molar-refractivity contribution in [1.82, 2.24) is 19.9 Å². The van der Waals surface area contributed by atoms with Crippen molar-refractivity contribution in [3.8, 4) is 44.5 Å². The van der Waals surface area contributed by atoms with Gasteiger partial charge in [-0.25, -0.2) is 114 Å². The third kappa shape index (κ3) is 10.5. The summed E-state index contributed by atoms with van der Waals surface area (Å²) < 4.78 is 362. The van der Waals surface area contributed by atoms with Crippen molar-refractivity contribution in [2.75, 3.05) is 43.9 Å². The molecule has 2 aliphatic heterocycles. The molecule has 3 aromatic heterocycles. The maximum absolute atomic E-state index is 16.6. The van der Waals surface area contributed by atoms with E-state index in [1.165, 1.54) is 18.9 Å². The van der Waals surface area contributed by atoms with E-state index in [2.05, 4.69) is 19.9 Å². The van der Waals surface area contributed by atoms with E-state index in [-0.39, 0.29) is 0 Å². The van der Waals surface area contributed by atoms with E-state index in [9.17, 15) is 33.7 Å². The third-order valence-electron chi connectivity index (χ3n) is 12.0. The highest BCUT2D eigenvalue weighted by molar-refractivity contribution is 7.92. The van der Waals surface area contributed by atoms with Crippen LogP contribution in [0.2, 0.25) is 0 Å². The number of aromatic nitrogens is 4. The molecule has 9 rings (SSSR count). The van der Waals surface area contributed by atoms with Crippen LogP contribution in [0.1, 0.15) is 22.8 Å². The van der Waals surface area contributed by atoms with Gasteiger partial charge in [-0.2, -0.15) is 0 Å². The van der Waals surface area contributed by atoms with Gasteiger partial charge in [0, 0.05) is 44.3 Å². The summed E-state index contributed by atoms with van der Waals surface area (Å²) in [6.45, 7) is 0. The minimum absolute atomic E-state index is 0.299. The summed E-state index contributed by atoms with van der Waals surface area (Å²) in [6, 6.07) is 2.44. The van der Waals surface area contributed by atoms with Gasteiger partial charge in [0.2, 0.25) is 40.1 Å². The van der Waals surface area contributed by atoms with Crippen LogP contribution in [0.15, 0.2) is 24.3 Å². The fourth-order valence-corrected chi connectivity index (χ4v) is 11.0. The fourth-order valence-electron chi connectivity index (χ4n) is 8.76. The summed E-state index contributed by atoms with van der Waals surface area (Å²) in [7, 11) is -19.1. The van der Waals surface area contributed by atoms with Gasteiger partial charge in [0.15, 0.2) is 93.1 Å². The number of sulfonamides is 4. The fraction of sp³-hybridized carbons (Fsp3) is 0.0833. The lowest BCUT2D eigenvalue weighted by Crippen LogP contribution is -2.15. The molecule has 0 fully saturated rings. The molecule has 0 saturated heterocycles. The van der Waals surface area contributed by atoms with Gasteiger partial charge in [0.05, 0.1) is 70.1 Å². The molecule has 84 heavy (non-hydrogen) atoms. The standard InChI is InChI=1S/C48H26F16N8O8S4/c1-81(73,74)69-45-37(57)29(49)25(30(50)38(45)58)21-13-5-7-15(65-13)22(26-31(51)39(59)46(40(60)32(26)52)70-82(2,75)76)17-9-11-19(67-17)24(28-35(55)43(63)48(44(64)36(28)56)72-84(4,79)80)20-12-10-18(68-20)23(16-8-6-14(21)66-16)27-33(53)41(61)47(42(62)34(27)54)71-83(3,77)78/h5-12,65,68-72H,1-4H3. The Hall–Kier alpha value is -8.64. The number of nitrogens with zero attached hydrogens (tertiary/aromatic N) is 2. The Bertz CT molecular complexity index is 4170. The zero-order chi connectivity index (χ0) is 62.1. The SMILES string of the molecule is CS(=O)(=O)Nc1c(F)c(F)c(-c2c3nc(c(-c4c(F)c(F)c(NS(C)(=O)=O)c(F)c4F)c4ccc([nH]4)c(-c4c(F)c(F)c(NS(C)(=O)=O)c(F)c4F)c4nc(c(-c5c(F)c(F)c(NS(C)(=O)=O)c(F)c5F)c5ccc2[nH]5)C=C4)C=C3)c(F)c1F. The van der Waals surface area contributed by atoms with E-state index in [0.717, 1.165) is 0 Å². The quantitative estimate of drug-likeness (QED) is 0.0499. The lowest BCUT2D eigenvalue weighted by Gasteiger charge is -2.15. The zero-order valence-electron chi connectivity index (χ0n) is 41.5. The smallest absolute Gasteiger partial charge is 0.230 e. The van der Waals surface area contributed by atoms with E-state index in [4.69, 9.17) is 0 Å². The minimum atomic E-state index is -4.78. The molecule has 0 aliphatic carbocycles. The van der Waals surface area contributed by atoms with Crippen molar-refractivity contribution >= 4 is 109 Å². The van der Waals surface area contributed by atoms with Crippen molar-refractivity contribution in [3.05, 3.63) is 140 Å². The van der Waals surface area contributed by atoms with Crippen molar-refractivity contribution < 1.29 is 104 Å². The number of fused-ring (bicyclic) bond motifs is 8. The summed E-state index contributed by atoms with van der Waals surface area (Å²) >= 11 is 0. The van der Waals surface area contributed by atoms with Gasteiger partial charge in [-0.15, -0.1) is 0 Å². The van der Waals surface area contributed by atoms with Crippen LogP contribution in [-0.4, -0.2) is 78.6 Å². The number of anilines is 4. The summed E-state index contributed by atoms with van der Waals surface area (Å²) in [5, 5.41) is 0. The number of benzene rings is 4. The topological polar surface area (TPSA) is 242 Å². The molecule has 0 atom stereocenters. The molecule has 7 aromatic rings. The highest BCUT2D eigenvalue weighted by atomic mass is 32.2. The summed E-state index contributed by atoms with van der Waals surface area (Å²) in [5.41, 5.74) is -29.1. The number of hydrogen-bond donors (Lipinski definition) is 6. The van der Waals surface area contributed by atoms with Crippen molar-refractivity contribution in [2.45, 2.75) is 0 Å². The van der Waals surface area contributed by atoms with Crippen LogP contribution in [0.3, 0.4) is 0 Å². The van der Waals surface area contributed by atoms with Crippen molar-refractivity contribution in [2.24, 2.45) is 0 Å². The van der Waals surface area contributed by atoms with Crippen LogP contribution in [-0.2, 0) is 40.1 Å². The molecule has 0 spiro atoms. The summed E-state index contributed by atoms with van der Waals surface area (Å²) in [4.78, 5) is 12.7. The largest absolute Gasteiger partial charge is 0.354 e. The highest BCUT2D eigenvalue weighted by Gasteiger charge is 2.36. The molecule has 0 unspecified atom stereocenters. The molecule has 2 aliphatic rings. The Kier molecular flexibility index (Phi) is 14.7. The molecule has 0 radical (unpaired) electrons. The molecule has 8 bridgehead atoms. The first kappa shape index (κ1) is 60.0. The second-order valence-corrected chi connectivity index (χ2v) is 25.0. The van der Waals surface area contributed by atoms with Gasteiger partial charge >= 0.3 is 0 Å². The average molecular weight is 1280 g/mol.